The fourth-order valence-electron chi connectivity index (χ4n) is 1.57. The van der Waals surface area contributed by atoms with Crippen LogP contribution in [-0.2, 0) is 27.4 Å². The van der Waals surface area contributed by atoms with Crippen LogP contribution in [0.5, 0.6) is 0 Å². The Kier molecular flexibility index (Phi) is 7.77. The van der Waals surface area contributed by atoms with Gasteiger partial charge in [0.25, 0.3) is 6.64 Å². The molecule has 1 aromatic rings. The van der Waals surface area contributed by atoms with Crippen LogP contribution < -0.4 is 10.4 Å². The monoisotopic (exact) mass is 346 g/mol. The molecule has 0 saturated heterocycles. The number of hydrogen-bond acceptors (Lipinski definition) is 4. The van der Waals surface area contributed by atoms with Crippen molar-refractivity contribution in [2.75, 3.05) is 0 Å². The van der Waals surface area contributed by atoms with E-state index in [2.05, 4.69) is 10.4 Å². The van der Waals surface area contributed by atoms with Gasteiger partial charge >= 0.3 is 0 Å². The van der Waals surface area contributed by atoms with Crippen molar-refractivity contribution in [3.8, 4) is 0 Å². The van der Waals surface area contributed by atoms with E-state index in [1.807, 2.05) is 58.0 Å². The third-order valence-electron chi connectivity index (χ3n) is 2.23. The summed E-state index contributed by atoms with van der Waals surface area (Å²) in [7, 11) is 0. The quantitative estimate of drug-likeness (QED) is 0.579. The lowest BCUT2D eigenvalue weighted by Crippen LogP contribution is -2.34. The molecule has 0 aliphatic carbocycles. The van der Waals surface area contributed by atoms with Gasteiger partial charge in [-0.15, -0.1) is 0 Å². The molecule has 21 heavy (non-hydrogen) atoms. The summed E-state index contributed by atoms with van der Waals surface area (Å²) in [5.41, 5.74) is 1.14. The minimum atomic E-state index is -2.63. The van der Waals surface area contributed by atoms with Gasteiger partial charge in [-0.05, 0) is 57.3 Å². The number of benzene rings is 1. The van der Waals surface area contributed by atoms with Crippen LogP contribution in [0.3, 0.4) is 0 Å². The Hall–Kier alpha value is -0.520. The Labute approximate surface area is 137 Å². The summed E-state index contributed by atoms with van der Waals surface area (Å²) in [6.45, 7) is 5.69. The topological polar surface area (TPSA) is 42.5 Å². The molecule has 0 amide bonds. The van der Waals surface area contributed by atoms with E-state index in [9.17, 15) is 0 Å². The second-order valence-electron chi connectivity index (χ2n) is 5.09. The third kappa shape index (κ3) is 7.88. The van der Waals surface area contributed by atoms with Crippen LogP contribution in [-0.4, -0.2) is 17.3 Å². The highest BCUT2D eigenvalue weighted by Gasteiger charge is 2.23. The molecular weight excluding hydrogens is 323 g/mol. The Morgan fingerprint density at radius 1 is 1.10 bits per heavy atom. The van der Waals surface area contributed by atoms with Gasteiger partial charge < -0.3 is 14.4 Å². The lowest BCUT2D eigenvalue weighted by atomic mass is 10.2. The molecule has 0 aliphatic heterocycles. The zero-order chi connectivity index (χ0) is 15.9. The summed E-state index contributed by atoms with van der Waals surface area (Å²) in [5, 5.41) is 6.60. The van der Waals surface area contributed by atoms with Gasteiger partial charge in [0.2, 0.25) is 0 Å². The summed E-state index contributed by atoms with van der Waals surface area (Å²) in [5.74, 6) is 0. The highest BCUT2D eigenvalue weighted by Crippen LogP contribution is 2.46. The van der Waals surface area contributed by atoms with Gasteiger partial charge in [-0.3, -0.25) is 5.09 Å². The minimum absolute atomic E-state index is 0.0287. The molecule has 7 heteroatoms. The van der Waals surface area contributed by atoms with Crippen molar-refractivity contribution in [1.29, 1.82) is 0 Å². The Bertz CT molecular complexity index is 481. The fraction of sp³-hybridized carbons (Fsp3) is 0.500. The largest absolute Gasteiger partial charge is 0.358 e. The van der Waals surface area contributed by atoms with Gasteiger partial charge in [0, 0.05) is 6.54 Å². The average molecular weight is 346 g/mol. The van der Waals surface area contributed by atoms with Gasteiger partial charge in [-0.1, -0.05) is 30.3 Å². The molecule has 0 aromatic heterocycles. The van der Waals surface area contributed by atoms with E-state index in [0.29, 0.717) is 11.7 Å². The first kappa shape index (κ1) is 18.5. The minimum Gasteiger partial charge on any atom is -0.358 e. The van der Waals surface area contributed by atoms with E-state index in [-0.39, 0.29) is 12.2 Å². The van der Waals surface area contributed by atoms with Crippen molar-refractivity contribution in [2.24, 2.45) is 0 Å². The molecule has 1 rings (SSSR count). The second-order valence-corrected chi connectivity index (χ2v) is 8.58. The first-order chi connectivity index (χ1) is 9.81. The van der Waals surface area contributed by atoms with Crippen LogP contribution in [0.25, 0.3) is 0 Å². The Morgan fingerprint density at radius 3 is 2.10 bits per heavy atom. The van der Waals surface area contributed by atoms with Crippen LogP contribution >= 0.6 is 18.9 Å². The molecule has 0 atom stereocenters. The number of rotatable bonds is 7. The van der Waals surface area contributed by atoms with Crippen molar-refractivity contribution in [3.63, 3.8) is 0 Å². The summed E-state index contributed by atoms with van der Waals surface area (Å²) in [4.78, 5) is 0. The van der Waals surface area contributed by atoms with Crippen LogP contribution in [0.1, 0.15) is 33.3 Å². The van der Waals surface area contributed by atoms with E-state index in [1.165, 1.54) is 0 Å². The molecular formula is C14H23N2O2PS2. The van der Waals surface area contributed by atoms with Crippen molar-refractivity contribution < 1.29 is 9.05 Å². The molecule has 0 spiro atoms. The van der Waals surface area contributed by atoms with E-state index in [1.54, 1.807) is 0 Å². The van der Waals surface area contributed by atoms with Crippen molar-refractivity contribution in [1.82, 2.24) is 10.4 Å². The molecule has 4 nitrogen and oxygen atoms in total. The van der Waals surface area contributed by atoms with Crippen LogP contribution in [0.15, 0.2) is 30.3 Å². The first-order valence-electron chi connectivity index (χ1n) is 6.87. The SMILES string of the molecule is CC(C)OP(=S)(NC(=S)NCc1ccccc1)OC(C)C. The van der Waals surface area contributed by atoms with Crippen LogP contribution in [0, 0.1) is 0 Å². The maximum Gasteiger partial charge on any atom is 0.289 e. The van der Waals surface area contributed by atoms with Gasteiger partial charge in [-0.2, -0.15) is 0 Å². The summed E-state index contributed by atoms with van der Waals surface area (Å²) >= 11 is 10.8. The highest BCUT2D eigenvalue weighted by molar-refractivity contribution is 8.09. The normalized spacial score (nSPS) is 11.7. The molecule has 1 aromatic carbocycles. The highest BCUT2D eigenvalue weighted by atomic mass is 32.5. The zero-order valence-corrected chi connectivity index (χ0v) is 15.4. The lowest BCUT2D eigenvalue weighted by Gasteiger charge is -2.27. The summed E-state index contributed by atoms with van der Waals surface area (Å²) < 4.78 is 11.5. The van der Waals surface area contributed by atoms with Crippen LogP contribution in [0.4, 0.5) is 0 Å². The molecule has 118 valence electrons. The molecule has 0 unspecified atom stereocenters. The van der Waals surface area contributed by atoms with E-state index in [4.69, 9.17) is 33.1 Å². The van der Waals surface area contributed by atoms with Crippen molar-refractivity contribution >= 4 is 35.8 Å². The number of hydrogen-bond donors (Lipinski definition) is 2. The molecule has 0 heterocycles. The summed E-state index contributed by atoms with van der Waals surface area (Å²) in [6, 6.07) is 10.0. The zero-order valence-electron chi connectivity index (χ0n) is 12.8. The molecule has 2 N–H and O–H groups in total. The Balaban J connectivity index is 2.57. The predicted molar refractivity (Wildman–Crippen MR) is 95.7 cm³/mol. The van der Waals surface area contributed by atoms with Crippen molar-refractivity contribution in [3.05, 3.63) is 35.9 Å². The second kappa shape index (κ2) is 8.81. The van der Waals surface area contributed by atoms with Gasteiger partial charge in [0.05, 0.1) is 12.2 Å². The Morgan fingerprint density at radius 2 is 1.62 bits per heavy atom. The smallest absolute Gasteiger partial charge is 0.289 e. The molecule has 0 aliphatic rings. The van der Waals surface area contributed by atoms with E-state index in [0.717, 1.165) is 5.56 Å². The van der Waals surface area contributed by atoms with Gasteiger partial charge in [0.15, 0.2) is 5.11 Å². The maximum absolute atomic E-state index is 5.74. The van der Waals surface area contributed by atoms with Gasteiger partial charge in [-0.25, -0.2) is 0 Å². The number of nitrogens with one attached hydrogen (secondary N) is 2. The lowest BCUT2D eigenvalue weighted by molar-refractivity contribution is 0.172. The third-order valence-corrected chi connectivity index (χ3v) is 5.32. The molecule has 0 bridgehead atoms. The predicted octanol–water partition coefficient (Wildman–Crippen LogP) is 3.73. The van der Waals surface area contributed by atoms with Crippen molar-refractivity contribution in [2.45, 2.75) is 46.4 Å². The average Bonchev–Trinajstić information content (AvgIpc) is 2.35. The van der Waals surface area contributed by atoms with Gasteiger partial charge in [0.1, 0.15) is 0 Å². The van der Waals surface area contributed by atoms with E-state index >= 15 is 0 Å². The fourth-order valence-corrected chi connectivity index (χ4v) is 5.08. The maximum atomic E-state index is 5.74. The molecule has 0 fully saturated rings. The standard InChI is InChI=1S/C14H23N2O2PS2/c1-11(2)17-19(21,18-12(3)4)16-14(20)15-10-13-8-6-5-7-9-13/h5-9,11-12H,10H2,1-4H3,(H2,15,16,20,21). The van der Waals surface area contributed by atoms with Crippen LogP contribution in [0.2, 0.25) is 0 Å². The molecule has 0 saturated carbocycles. The summed E-state index contributed by atoms with van der Waals surface area (Å²) in [6.07, 6.45) is -0.0574. The number of thiocarbonyl (C=S) groups is 1. The molecule has 0 radical (unpaired) electrons. The van der Waals surface area contributed by atoms with E-state index < -0.39 is 6.64 Å². The first-order valence-corrected chi connectivity index (χ1v) is 9.92.